The zero-order chi connectivity index (χ0) is 24.6. The van der Waals surface area contributed by atoms with E-state index >= 15 is 0 Å². The van der Waals surface area contributed by atoms with Gasteiger partial charge < -0.3 is 0 Å². The van der Waals surface area contributed by atoms with Crippen LogP contribution >= 0.6 is 50.7 Å². The second-order valence-electron chi connectivity index (χ2n) is 7.40. The molecule has 0 bridgehead atoms. The SMILES string of the molecule is O=S(=O)(NCC1=NN(c2ccc(Cl)cc2Cl)C(c2ccc(Cl)cc2)C1)c1cc(Br)c(F)cc1F. The van der Waals surface area contributed by atoms with E-state index in [1.165, 1.54) is 0 Å². The van der Waals surface area contributed by atoms with Crippen molar-refractivity contribution in [3.63, 3.8) is 0 Å². The first-order valence-corrected chi connectivity index (χ1v) is 13.2. The quantitative estimate of drug-likeness (QED) is 0.307. The second kappa shape index (κ2) is 10.1. The molecule has 1 aliphatic heterocycles. The first kappa shape index (κ1) is 25.3. The van der Waals surface area contributed by atoms with Crippen molar-refractivity contribution in [2.24, 2.45) is 5.10 Å². The van der Waals surface area contributed by atoms with E-state index in [0.717, 1.165) is 11.6 Å². The van der Waals surface area contributed by atoms with Crippen LogP contribution in [0.1, 0.15) is 18.0 Å². The molecule has 0 amide bonds. The highest BCUT2D eigenvalue weighted by Gasteiger charge is 2.31. The third-order valence-electron chi connectivity index (χ3n) is 5.12. The maximum atomic E-state index is 14.1. The van der Waals surface area contributed by atoms with E-state index < -0.39 is 26.6 Å². The Bertz CT molecular complexity index is 1390. The van der Waals surface area contributed by atoms with Crippen molar-refractivity contribution in [2.75, 3.05) is 11.6 Å². The van der Waals surface area contributed by atoms with Crippen LogP contribution in [0.3, 0.4) is 0 Å². The summed E-state index contributed by atoms with van der Waals surface area (Å²) in [6.45, 7) is -0.192. The number of sulfonamides is 1. The Morgan fingerprint density at radius 1 is 1.00 bits per heavy atom. The van der Waals surface area contributed by atoms with Crippen LogP contribution in [0.2, 0.25) is 15.1 Å². The Kier molecular flexibility index (Phi) is 7.52. The summed E-state index contributed by atoms with van der Waals surface area (Å²) in [5.41, 5.74) is 1.94. The lowest BCUT2D eigenvalue weighted by molar-refractivity contribution is 0.542. The van der Waals surface area contributed by atoms with Gasteiger partial charge in [0.05, 0.1) is 33.5 Å². The maximum Gasteiger partial charge on any atom is 0.243 e. The largest absolute Gasteiger partial charge is 0.256 e. The molecule has 3 aromatic carbocycles. The molecule has 0 spiro atoms. The Morgan fingerprint density at radius 3 is 2.35 bits per heavy atom. The van der Waals surface area contributed by atoms with Gasteiger partial charge in [-0.2, -0.15) is 5.10 Å². The molecule has 1 N–H and O–H groups in total. The summed E-state index contributed by atoms with van der Waals surface area (Å²) in [5.74, 6) is -2.10. The number of hydrazone groups is 1. The molecule has 1 heterocycles. The summed E-state index contributed by atoms with van der Waals surface area (Å²) in [6, 6.07) is 13.2. The highest BCUT2D eigenvalue weighted by molar-refractivity contribution is 9.10. The number of rotatable bonds is 6. The Morgan fingerprint density at radius 2 is 1.68 bits per heavy atom. The minimum absolute atomic E-state index is 0.168. The molecule has 1 unspecified atom stereocenters. The lowest BCUT2D eigenvalue weighted by Crippen LogP contribution is -2.30. The van der Waals surface area contributed by atoms with Gasteiger partial charge in [0.15, 0.2) is 0 Å². The molecule has 0 fully saturated rings. The topological polar surface area (TPSA) is 61.8 Å². The molecule has 0 aromatic heterocycles. The summed E-state index contributed by atoms with van der Waals surface area (Å²) in [5, 5.41) is 7.66. The predicted octanol–water partition coefficient (Wildman–Crippen LogP) is 6.97. The standard InChI is InChI=1S/C22H15BrCl3F2N3O2S/c23-16-9-22(19(28)10-18(16)27)34(32,33)29-11-15-8-21(12-1-3-13(24)4-2-12)31(30-15)20-6-5-14(25)7-17(20)26/h1-7,9-10,21,29H,8,11H2. The van der Waals surface area contributed by atoms with Gasteiger partial charge in [-0.25, -0.2) is 21.9 Å². The van der Waals surface area contributed by atoms with Gasteiger partial charge in [-0.15, -0.1) is 0 Å². The molecule has 34 heavy (non-hydrogen) atoms. The van der Waals surface area contributed by atoms with Crippen LogP contribution < -0.4 is 9.73 Å². The third-order valence-corrected chi connectivity index (χ3v) is 7.93. The Balaban J connectivity index is 1.63. The number of anilines is 1. The highest BCUT2D eigenvalue weighted by Crippen LogP contribution is 2.39. The van der Waals surface area contributed by atoms with Gasteiger partial charge in [-0.1, -0.05) is 46.9 Å². The molecule has 4 rings (SSSR count). The summed E-state index contributed by atoms with van der Waals surface area (Å²) in [6.07, 6.45) is 0.360. The van der Waals surface area contributed by atoms with Gasteiger partial charge in [-0.3, -0.25) is 5.01 Å². The normalized spacial score (nSPS) is 16.1. The molecule has 0 saturated carbocycles. The first-order chi connectivity index (χ1) is 16.0. The highest BCUT2D eigenvalue weighted by atomic mass is 79.9. The lowest BCUT2D eigenvalue weighted by Gasteiger charge is -2.25. The molecule has 0 saturated heterocycles. The molecule has 1 aliphatic rings. The van der Waals surface area contributed by atoms with Gasteiger partial charge in [-0.05, 0) is 57.9 Å². The van der Waals surface area contributed by atoms with E-state index in [0.29, 0.717) is 39.0 Å². The maximum absolute atomic E-state index is 14.1. The van der Waals surface area contributed by atoms with Crippen LogP contribution in [0.5, 0.6) is 0 Å². The summed E-state index contributed by atoms with van der Waals surface area (Å²) in [4.78, 5) is -0.675. The van der Waals surface area contributed by atoms with Crippen molar-refractivity contribution < 1.29 is 17.2 Å². The molecule has 12 heteroatoms. The van der Waals surface area contributed by atoms with Crippen LogP contribution in [0, 0.1) is 11.6 Å². The van der Waals surface area contributed by atoms with Gasteiger partial charge in [0, 0.05) is 22.5 Å². The molecule has 3 aromatic rings. The Hall–Kier alpha value is -1.75. The smallest absolute Gasteiger partial charge is 0.243 e. The van der Waals surface area contributed by atoms with Crippen molar-refractivity contribution in [3.8, 4) is 0 Å². The lowest BCUT2D eigenvalue weighted by atomic mass is 10.0. The number of nitrogens with one attached hydrogen (secondary N) is 1. The molecule has 1 atom stereocenters. The summed E-state index contributed by atoms with van der Waals surface area (Å²) >= 11 is 21.3. The van der Waals surface area contributed by atoms with Gasteiger partial charge >= 0.3 is 0 Å². The van der Waals surface area contributed by atoms with Crippen LogP contribution in [-0.2, 0) is 10.0 Å². The summed E-state index contributed by atoms with van der Waals surface area (Å²) in [7, 11) is -4.28. The zero-order valence-corrected chi connectivity index (χ0v) is 21.7. The van der Waals surface area contributed by atoms with E-state index in [-0.39, 0.29) is 17.1 Å². The minimum atomic E-state index is -4.28. The van der Waals surface area contributed by atoms with Crippen LogP contribution in [-0.4, -0.2) is 20.7 Å². The predicted molar refractivity (Wildman–Crippen MR) is 134 cm³/mol. The fourth-order valence-corrected chi connectivity index (χ4v) is 5.70. The fraction of sp³-hybridized carbons (Fsp3) is 0.136. The number of nitrogens with zero attached hydrogens (tertiary/aromatic N) is 2. The molecular weight excluding hydrogens is 595 g/mol. The average Bonchev–Trinajstić information content (AvgIpc) is 3.19. The molecule has 178 valence electrons. The van der Waals surface area contributed by atoms with Crippen molar-refractivity contribution in [2.45, 2.75) is 17.4 Å². The third kappa shape index (κ3) is 5.40. The minimum Gasteiger partial charge on any atom is -0.256 e. The van der Waals surface area contributed by atoms with Gasteiger partial charge in [0.2, 0.25) is 10.0 Å². The number of hydrogen-bond acceptors (Lipinski definition) is 4. The second-order valence-corrected chi connectivity index (χ2v) is 11.3. The van der Waals surface area contributed by atoms with E-state index in [1.54, 1.807) is 35.3 Å². The average molecular weight is 610 g/mol. The van der Waals surface area contributed by atoms with Crippen LogP contribution in [0.15, 0.2) is 69.1 Å². The van der Waals surface area contributed by atoms with Crippen molar-refractivity contribution in [1.29, 1.82) is 0 Å². The van der Waals surface area contributed by atoms with Crippen molar-refractivity contribution in [1.82, 2.24) is 4.72 Å². The van der Waals surface area contributed by atoms with E-state index in [9.17, 15) is 17.2 Å². The molecular formula is C22H15BrCl3F2N3O2S. The van der Waals surface area contributed by atoms with E-state index in [4.69, 9.17) is 34.8 Å². The van der Waals surface area contributed by atoms with E-state index in [2.05, 4.69) is 25.8 Å². The zero-order valence-electron chi connectivity index (χ0n) is 17.1. The number of benzene rings is 3. The van der Waals surface area contributed by atoms with Crippen molar-refractivity contribution >= 4 is 72.2 Å². The van der Waals surface area contributed by atoms with Gasteiger partial charge in [0.25, 0.3) is 0 Å². The van der Waals surface area contributed by atoms with Gasteiger partial charge in [0.1, 0.15) is 16.5 Å². The summed E-state index contributed by atoms with van der Waals surface area (Å²) < 4.78 is 55.2. The number of hydrogen-bond donors (Lipinski definition) is 1. The fourth-order valence-electron chi connectivity index (χ4n) is 3.48. The van der Waals surface area contributed by atoms with E-state index in [1.807, 2.05) is 12.1 Å². The molecule has 0 aliphatic carbocycles. The first-order valence-electron chi connectivity index (χ1n) is 9.75. The Labute approximate surface area is 218 Å². The molecule has 5 nitrogen and oxygen atoms in total. The monoisotopic (exact) mass is 607 g/mol. The van der Waals surface area contributed by atoms with Crippen LogP contribution in [0.4, 0.5) is 14.5 Å². The number of halogens is 6. The van der Waals surface area contributed by atoms with Crippen LogP contribution in [0.25, 0.3) is 0 Å². The molecule has 0 radical (unpaired) electrons. The van der Waals surface area contributed by atoms with Crippen molar-refractivity contribution in [3.05, 3.63) is 91.3 Å².